The number of sulfonamides is 1. The van der Waals surface area contributed by atoms with Gasteiger partial charge < -0.3 is 20.3 Å². The molecule has 0 aliphatic carbocycles. The highest BCUT2D eigenvalue weighted by Gasteiger charge is 2.28. The molecule has 39 heavy (non-hydrogen) atoms. The second kappa shape index (κ2) is 13.5. The van der Waals surface area contributed by atoms with Gasteiger partial charge in [0.25, 0.3) is 5.91 Å². The number of hydrogen-bond donors (Lipinski definition) is 3. The second-order valence-electron chi connectivity index (χ2n) is 10.9. The van der Waals surface area contributed by atoms with Crippen molar-refractivity contribution in [1.82, 2.24) is 14.9 Å². The van der Waals surface area contributed by atoms with Gasteiger partial charge in [0, 0.05) is 30.4 Å². The minimum Gasteiger partial charge on any atom is -0.383 e. The van der Waals surface area contributed by atoms with E-state index in [2.05, 4.69) is 20.3 Å². The Hall–Kier alpha value is -2.86. The van der Waals surface area contributed by atoms with Crippen LogP contribution in [-0.2, 0) is 19.6 Å². The standard InChI is InChI=1S/C28H39FN4O5S/c1-28(2,3)32-39(36,37)24-11-9-23(10-12-24)30-27(35)25(31-26(34)21-5-7-22(29)8-6-21)19-20-13-15-33(16-14-20)17-18-38-4/h5-12,20,25,32H,13-19H2,1-4H3,(H,30,35)(H,31,34)/t25-/m0/s1. The summed E-state index contributed by atoms with van der Waals surface area (Å²) in [5, 5.41) is 5.62. The Morgan fingerprint density at radius 3 is 2.23 bits per heavy atom. The summed E-state index contributed by atoms with van der Waals surface area (Å²) in [6.45, 7) is 8.54. The van der Waals surface area contributed by atoms with Gasteiger partial charge in [-0.05, 0) is 108 Å². The van der Waals surface area contributed by atoms with Gasteiger partial charge in [0.15, 0.2) is 0 Å². The van der Waals surface area contributed by atoms with E-state index in [0.29, 0.717) is 18.7 Å². The van der Waals surface area contributed by atoms with Crippen LogP contribution in [0.5, 0.6) is 0 Å². The van der Waals surface area contributed by atoms with Crippen LogP contribution in [0.2, 0.25) is 0 Å². The Kier molecular flexibility index (Phi) is 10.6. The topological polar surface area (TPSA) is 117 Å². The highest BCUT2D eigenvalue weighted by molar-refractivity contribution is 7.89. The third-order valence-corrected chi connectivity index (χ3v) is 8.26. The molecule has 2 amide bonds. The van der Waals surface area contributed by atoms with Crippen LogP contribution in [-0.4, -0.2) is 70.1 Å². The number of halogens is 1. The summed E-state index contributed by atoms with van der Waals surface area (Å²) in [5.41, 5.74) is 0.0244. The number of piperidine rings is 1. The quantitative estimate of drug-likeness (QED) is 0.387. The van der Waals surface area contributed by atoms with Crippen LogP contribution in [0.3, 0.4) is 0 Å². The van der Waals surface area contributed by atoms with Crippen LogP contribution in [0.25, 0.3) is 0 Å². The molecule has 0 spiro atoms. The van der Waals surface area contributed by atoms with Crippen LogP contribution < -0.4 is 15.4 Å². The SMILES string of the molecule is COCCN1CCC(C[C@H](NC(=O)c2ccc(F)cc2)C(=O)Nc2ccc(S(=O)(=O)NC(C)(C)C)cc2)CC1. The van der Waals surface area contributed by atoms with Crippen LogP contribution in [0.1, 0.15) is 50.4 Å². The van der Waals surface area contributed by atoms with Gasteiger partial charge in [-0.2, -0.15) is 0 Å². The molecule has 1 heterocycles. The first-order chi connectivity index (χ1) is 18.4. The van der Waals surface area contributed by atoms with Crippen LogP contribution in [0, 0.1) is 11.7 Å². The van der Waals surface area contributed by atoms with Gasteiger partial charge in [-0.3, -0.25) is 9.59 Å². The molecule has 0 radical (unpaired) electrons. The Morgan fingerprint density at radius 2 is 1.67 bits per heavy atom. The summed E-state index contributed by atoms with van der Waals surface area (Å²) in [5.74, 6) is -1.11. The lowest BCUT2D eigenvalue weighted by Crippen LogP contribution is -2.46. The molecule has 11 heteroatoms. The summed E-state index contributed by atoms with van der Waals surface area (Å²) in [4.78, 5) is 28.6. The van der Waals surface area contributed by atoms with Crippen molar-refractivity contribution < 1.29 is 27.1 Å². The van der Waals surface area contributed by atoms with Crippen molar-refractivity contribution in [3.05, 3.63) is 59.9 Å². The van der Waals surface area contributed by atoms with Crippen molar-refractivity contribution in [3.8, 4) is 0 Å². The zero-order valence-electron chi connectivity index (χ0n) is 23.0. The lowest BCUT2D eigenvalue weighted by molar-refractivity contribution is -0.118. The minimum absolute atomic E-state index is 0.0804. The van der Waals surface area contributed by atoms with Crippen LogP contribution in [0.4, 0.5) is 10.1 Å². The molecule has 214 valence electrons. The molecular weight excluding hydrogens is 523 g/mol. The van der Waals surface area contributed by atoms with E-state index in [0.717, 1.165) is 32.5 Å². The summed E-state index contributed by atoms with van der Waals surface area (Å²) in [7, 11) is -2.04. The van der Waals surface area contributed by atoms with Crippen molar-refractivity contribution in [3.63, 3.8) is 0 Å². The summed E-state index contributed by atoms with van der Waals surface area (Å²) in [6.07, 6.45) is 2.21. The molecule has 1 aliphatic heterocycles. The molecule has 0 unspecified atom stereocenters. The van der Waals surface area contributed by atoms with E-state index in [-0.39, 0.29) is 16.4 Å². The van der Waals surface area contributed by atoms with Gasteiger partial charge >= 0.3 is 0 Å². The average molecular weight is 563 g/mol. The number of amides is 2. The maximum atomic E-state index is 13.3. The van der Waals surface area contributed by atoms with E-state index >= 15 is 0 Å². The fraction of sp³-hybridized carbons (Fsp3) is 0.500. The van der Waals surface area contributed by atoms with E-state index in [4.69, 9.17) is 4.74 Å². The lowest BCUT2D eigenvalue weighted by atomic mass is 9.89. The highest BCUT2D eigenvalue weighted by atomic mass is 32.2. The predicted molar refractivity (Wildman–Crippen MR) is 148 cm³/mol. The molecule has 1 aliphatic rings. The van der Waals surface area contributed by atoms with Crippen LogP contribution >= 0.6 is 0 Å². The molecule has 0 saturated carbocycles. The van der Waals surface area contributed by atoms with E-state index < -0.39 is 39.2 Å². The number of carbonyl (C=O) groups is 2. The molecule has 9 nitrogen and oxygen atoms in total. The normalized spacial score (nSPS) is 16.0. The number of hydrogen-bond acceptors (Lipinski definition) is 6. The third-order valence-electron chi connectivity index (χ3n) is 6.49. The fourth-order valence-electron chi connectivity index (χ4n) is 4.48. The van der Waals surface area contributed by atoms with E-state index in [1.165, 1.54) is 48.5 Å². The molecule has 3 rings (SSSR count). The first kappa shape index (κ1) is 30.7. The van der Waals surface area contributed by atoms with Crippen molar-refractivity contribution in [2.45, 2.75) is 56.5 Å². The summed E-state index contributed by atoms with van der Waals surface area (Å²) in [6, 6.07) is 10.2. The molecule has 3 N–H and O–H groups in total. The van der Waals surface area contributed by atoms with Gasteiger partial charge in [-0.1, -0.05) is 0 Å². The third kappa shape index (κ3) is 9.68. The van der Waals surface area contributed by atoms with Gasteiger partial charge in [0.1, 0.15) is 11.9 Å². The molecule has 1 atom stereocenters. The molecule has 0 bridgehead atoms. The number of ether oxygens (including phenoxy) is 1. The number of nitrogens with zero attached hydrogens (tertiary/aromatic N) is 1. The Labute approximate surface area is 230 Å². The largest absolute Gasteiger partial charge is 0.383 e. The monoisotopic (exact) mass is 562 g/mol. The highest BCUT2D eigenvalue weighted by Crippen LogP contribution is 2.23. The van der Waals surface area contributed by atoms with Crippen molar-refractivity contribution in [2.24, 2.45) is 5.92 Å². The van der Waals surface area contributed by atoms with Gasteiger partial charge in [-0.25, -0.2) is 17.5 Å². The zero-order valence-corrected chi connectivity index (χ0v) is 23.8. The van der Waals surface area contributed by atoms with E-state index in [9.17, 15) is 22.4 Å². The Morgan fingerprint density at radius 1 is 1.05 bits per heavy atom. The zero-order chi connectivity index (χ0) is 28.6. The van der Waals surface area contributed by atoms with Crippen molar-refractivity contribution in [2.75, 3.05) is 38.7 Å². The molecule has 2 aromatic carbocycles. The van der Waals surface area contributed by atoms with Gasteiger partial charge in [-0.15, -0.1) is 0 Å². The number of anilines is 1. The van der Waals surface area contributed by atoms with E-state index in [1.807, 2.05) is 0 Å². The number of carbonyl (C=O) groups excluding carboxylic acids is 2. The Balaban J connectivity index is 1.70. The number of likely N-dealkylation sites (tertiary alicyclic amines) is 1. The van der Waals surface area contributed by atoms with Crippen molar-refractivity contribution >= 4 is 27.5 Å². The first-order valence-electron chi connectivity index (χ1n) is 13.1. The fourth-order valence-corrected chi connectivity index (χ4v) is 5.90. The van der Waals surface area contributed by atoms with Gasteiger partial charge in [0.2, 0.25) is 15.9 Å². The average Bonchev–Trinajstić information content (AvgIpc) is 2.87. The molecular formula is C28H39FN4O5S. The number of methoxy groups -OCH3 is 1. The first-order valence-corrected chi connectivity index (χ1v) is 14.6. The number of benzene rings is 2. The summed E-state index contributed by atoms with van der Waals surface area (Å²) >= 11 is 0. The molecule has 1 fully saturated rings. The van der Waals surface area contributed by atoms with Crippen molar-refractivity contribution in [1.29, 1.82) is 0 Å². The summed E-state index contributed by atoms with van der Waals surface area (Å²) < 4.78 is 46.3. The molecule has 0 aromatic heterocycles. The smallest absolute Gasteiger partial charge is 0.251 e. The van der Waals surface area contributed by atoms with Gasteiger partial charge in [0.05, 0.1) is 11.5 Å². The second-order valence-corrected chi connectivity index (χ2v) is 12.6. The molecule has 2 aromatic rings. The molecule has 1 saturated heterocycles. The van der Waals surface area contributed by atoms with E-state index in [1.54, 1.807) is 27.9 Å². The maximum Gasteiger partial charge on any atom is 0.251 e. The number of nitrogens with one attached hydrogen (secondary N) is 3. The lowest BCUT2D eigenvalue weighted by Gasteiger charge is -2.33. The Bertz CT molecular complexity index is 1210. The number of rotatable bonds is 11. The maximum absolute atomic E-state index is 13.3. The minimum atomic E-state index is -3.72. The predicted octanol–water partition coefficient (Wildman–Crippen LogP) is 3.39. The van der Waals surface area contributed by atoms with Crippen LogP contribution in [0.15, 0.2) is 53.4 Å².